The van der Waals surface area contributed by atoms with Crippen LogP contribution in [0.15, 0.2) is 36.4 Å². The molecule has 2 aromatic rings. The van der Waals surface area contributed by atoms with Crippen molar-refractivity contribution in [3.63, 3.8) is 0 Å². The fraction of sp³-hybridized carbons (Fsp3) is 0.389. The maximum absolute atomic E-state index is 12.3. The quantitative estimate of drug-likeness (QED) is 0.752. The molecule has 1 aliphatic rings. The average Bonchev–Trinajstić information content (AvgIpc) is 3.24. The van der Waals surface area contributed by atoms with Gasteiger partial charge in [-0.3, -0.25) is 4.79 Å². The molecule has 3 N–H and O–H groups in total. The number of benzene rings is 1. The van der Waals surface area contributed by atoms with Gasteiger partial charge in [-0.2, -0.15) is 0 Å². The molecule has 2 atom stereocenters. The number of carbonyl (C=O) groups excluding carboxylic acids is 1. The minimum Gasteiger partial charge on any atom is -0.496 e. The standard InChI is InChI=1S/C18H23N3O2S/c1-12-7-8-17(24-12)14-11-15(21-20-14)18(22)19-10-9-13-5-3-4-6-16(13)23-2/h3-8,14-15,20-21H,9-11H2,1-2H3,(H,19,22). The highest BCUT2D eigenvalue weighted by atomic mass is 32.1. The third-order valence-corrected chi connectivity index (χ3v) is 5.32. The Hall–Kier alpha value is -1.89. The number of rotatable bonds is 6. The first-order valence-electron chi connectivity index (χ1n) is 8.14. The number of carbonyl (C=O) groups is 1. The van der Waals surface area contributed by atoms with Crippen LogP contribution in [0.2, 0.25) is 0 Å². The Morgan fingerprint density at radius 2 is 2.12 bits per heavy atom. The van der Waals surface area contributed by atoms with Crippen molar-refractivity contribution < 1.29 is 9.53 Å². The highest BCUT2D eigenvalue weighted by Gasteiger charge is 2.30. The van der Waals surface area contributed by atoms with Crippen LogP contribution in [-0.2, 0) is 11.2 Å². The molecule has 0 radical (unpaired) electrons. The Bertz CT molecular complexity index is 701. The van der Waals surface area contributed by atoms with Crippen LogP contribution in [0.25, 0.3) is 0 Å². The number of ether oxygens (including phenoxy) is 1. The van der Waals surface area contributed by atoms with Crippen molar-refractivity contribution in [2.24, 2.45) is 0 Å². The lowest BCUT2D eigenvalue weighted by atomic mass is 10.1. The van der Waals surface area contributed by atoms with Gasteiger partial charge in [0.15, 0.2) is 0 Å². The fourth-order valence-electron chi connectivity index (χ4n) is 2.91. The zero-order chi connectivity index (χ0) is 16.9. The minimum atomic E-state index is -0.199. The van der Waals surface area contributed by atoms with E-state index in [1.54, 1.807) is 18.4 Å². The summed E-state index contributed by atoms with van der Waals surface area (Å²) in [5.74, 6) is 0.897. The molecule has 0 aliphatic carbocycles. The molecule has 0 bridgehead atoms. The van der Waals surface area contributed by atoms with E-state index in [1.807, 2.05) is 24.3 Å². The number of amides is 1. The van der Waals surface area contributed by atoms with Crippen molar-refractivity contribution in [2.75, 3.05) is 13.7 Å². The molecule has 1 fully saturated rings. The van der Waals surface area contributed by atoms with E-state index in [0.717, 1.165) is 24.2 Å². The molecular formula is C18H23N3O2S. The van der Waals surface area contributed by atoms with Gasteiger partial charge in [0.1, 0.15) is 11.8 Å². The highest BCUT2D eigenvalue weighted by Crippen LogP contribution is 2.28. The first-order chi connectivity index (χ1) is 11.7. The maximum atomic E-state index is 12.3. The van der Waals surface area contributed by atoms with Crippen molar-refractivity contribution >= 4 is 17.2 Å². The number of methoxy groups -OCH3 is 1. The molecule has 2 heterocycles. The number of thiophene rings is 1. The molecular weight excluding hydrogens is 322 g/mol. The van der Waals surface area contributed by atoms with Gasteiger partial charge in [0, 0.05) is 16.3 Å². The third-order valence-electron chi connectivity index (χ3n) is 4.21. The predicted molar refractivity (Wildman–Crippen MR) is 96.2 cm³/mol. The molecule has 1 saturated heterocycles. The van der Waals surface area contributed by atoms with E-state index in [2.05, 4.69) is 35.2 Å². The second-order valence-electron chi connectivity index (χ2n) is 5.93. The van der Waals surface area contributed by atoms with Crippen LogP contribution in [0.5, 0.6) is 5.75 Å². The highest BCUT2D eigenvalue weighted by molar-refractivity contribution is 7.12. The molecule has 1 amide bonds. The molecule has 2 unspecified atom stereocenters. The summed E-state index contributed by atoms with van der Waals surface area (Å²) in [6.07, 6.45) is 1.52. The van der Waals surface area contributed by atoms with Crippen LogP contribution < -0.4 is 20.9 Å². The fourth-order valence-corrected chi connectivity index (χ4v) is 3.85. The van der Waals surface area contributed by atoms with E-state index in [9.17, 15) is 4.79 Å². The summed E-state index contributed by atoms with van der Waals surface area (Å²) in [7, 11) is 1.66. The van der Waals surface area contributed by atoms with Crippen LogP contribution >= 0.6 is 11.3 Å². The van der Waals surface area contributed by atoms with E-state index >= 15 is 0 Å². The van der Waals surface area contributed by atoms with Crippen LogP contribution in [0.4, 0.5) is 0 Å². The van der Waals surface area contributed by atoms with E-state index < -0.39 is 0 Å². The van der Waals surface area contributed by atoms with Gasteiger partial charge >= 0.3 is 0 Å². The van der Waals surface area contributed by atoms with E-state index in [-0.39, 0.29) is 18.0 Å². The summed E-state index contributed by atoms with van der Waals surface area (Å²) < 4.78 is 5.33. The Kier molecular flexibility index (Phi) is 5.50. The lowest BCUT2D eigenvalue weighted by Gasteiger charge is -2.12. The third kappa shape index (κ3) is 3.95. The lowest BCUT2D eigenvalue weighted by Crippen LogP contribution is -2.43. The summed E-state index contributed by atoms with van der Waals surface area (Å²) in [4.78, 5) is 14.9. The Morgan fingerprint density at radius 1 is 1.29 bits per heavy atom. The second kappa shape index (κ2) is 7.79. The normalized spacial score (nSPS) is 20.1. The van der Waals surface area contributed by atoms with Gasteiger partial charge in [0.2, 0.25) is 5.91 Å². The Morgan fingerprint density at radius 3 is 2.88 bits per heavy atom. The molecule has 128 valence electrons. The first-order valence-corrected chi connectivity index (χ1v) is 8.96. The Labute approximate surface area is 146 Å². The van der Waals surface area contributed by atoms with Gasteiger partial charge in [0.25, 0.3) is 0 Å². The van der Waals surface area contributed by atoms with Gasteiger partial charge in [-0.25, -0.2) is 10.9 Å². The Balaban J connectivity index is 1.47. The summed E-state index contributed by atoms with van der Waals surface area (Å²) >= 11 is 1.77. The topological polar surface area (TPSA) is 62.4 Å². The van der Waals surface area contributed by atoms with Gasteiger partial charge in [0.05, 0.1) is 13.2 Å². The van der Waals surface area contributed by atoms with Gasteiger partial charge in [-0.15, -0.1) is 11.3 Å². The molecule has 6 heteroatoms. The van der Waals surface area contributed by atoms with E-state index in [0.29, 0.717) is 6.54 Å². The van der Waals surface area contributed by atoms with Crippen molar-refractivity contribution in [3.05, 3.63) is 51.7 Å². The zero-order valence-corrected chi connectivity index (χ0v) is 14.8. The number of nitrogens with one attached hydrogen (secondary N) is 3. The van der Waals surface area contributed by atoms with Gasteiger partial charge in [-0.1, -0.05) is 18.2 Å². The van der Waals surface area contributed by atoms with E-state index in [4.69, 9.17) is 4.74 Å². The predicted octanol–water partition coefficient (Wildman–Crippen LogP) is 2.33. The summed E-state index contributed by atoms with van der Waals surface area (Å²) in [6.45, 7) is 2.69. The number of hydrogen-bond donors (Lipinski definition) is 3. The maximum Gasteiger partial charge on any atom is 0.238 e. The molecule has 0 saturated carbocycles. The number of hydrogen-bond acceptors (Lipinski definition) is 5. The van der Waals surface area contributed by atoms with Crippen LogP contribution in [-0.4, -0.2) is 25.6 Å². The van der Waals surface area contributed by atoms with Gasteiger partial charge in [-0.05, 0) is 43.5 Å². The van der Waals surface area contributed by atoms with Crippen molar-refractivity contribution in [3.8, 4) is 5.75 Å². The molecule has 3 rings (SSSR count). The number of para-hydroxylation sites is 1. The first kappa shape index (κ1) is 17.0. The van der Waals surface area contributed by atoms with E-state index in [1.165, 1.54) is 9.75 Å². The van der Waals surface area contributed by atoms with Crippen LogP contribution in [0, 0.1) is 6.92 Å². The van der Waals surface area contributed by atoms with Crippen LogP contribution in [0.1, 0.15) is 27.8 Å². The van der Waals surface area contributed by atoms with Crippen molar-refractivity contribution in [2.45, 2.75) is 31.8 Å². The molecule has 5 nitrogen and oxygen atoms in total. The monoisotopic (exact) mass is 345 g/mol. The molecule has 1 aromatic heterocycles. The largest absolute Gasteiger partial charge is 0.496 e. The van der Waals surface area contributed by atoms with Crippen molar-refractivity contribution in [1.82, 2.24) is 16.2 Å². The number of aryl methyl sites for hydroxylation is 1. The lowest BCUT2D eigenvalue weighted by molar-refractivity contribution is -0.122. The smallest absolute Gasteiger partial charge is 0.238 e. The summed E-state index contributed by atoms with van der Waals surface area (Å²) in [5, 5.41) is 3.01. The SMILES string of the molecule is COc1ccccc1CCNC(=O)C1CC(c2ccc(C)s2)NN1. The number of hydrazine groups is 1. The summed E-state index contributed by atoms with van der Waals surface area (Å²) in [5.41, 5.74) is 7.43. The average molecular weight is 345 g/mol. The van der Waals surface area contributed by atoms with Crippen molar-refractivity contribution in [1.29, 1.82) is 0 Å². The summed E-state index contributed by atoms with van der Waals surface area (Å²) in [6, 6.07) is 12.1. The molecule has 0 spiro atoms. The molecule has 1 aliphatic heterocycles. The minimum absolute atomic E-state index is 0.0353. The van der Waals surface area contributed by atoms with Gasteiger partial charge < -0.3 is 10.1 Å². The zero-order valence-electron chi connectivity index (χ0n) is 14.0. The molecule has 24 heavy (non-hydrogen) atoms. The van der Waals surface area contributed by atoms with Crippen LogP contribution in [0.3, 0.4) is 0 Å². The second-order valence-corrected chi connectivity index (χ2v) is 7.25. The molecule has 1 aromatic carbocycles.